The number of pyridine rings is 1. The van der Waals surface area contributed by atoms with Crippen LogP contribution in [-0.4, -0.2) is 33.8 Å². The van der Waals surface area contributed by atoms with Crippen molar-refractivity contribution in [2.45, 2.75) is 33.2 Å². The molecule has 144 valence electrons. The Morgan fingerprint density at radius 3 is 2.71 bits per heavy atom. The van der Waals surface area contributed by atoms with Crippen molar-refractivity contribution in [2.24, 2.45) is 5.92 Å². The van der Waals surface area contributed by atoms with E-state index in [2.05, 4.69) is 10.3 Å². The maximum Gasteiger partial charge on any atom is 0.294 e. The van der Waals surface area contributed by atoms with Crippen LogP contribution in [0.25, 0.3) is 5.52 Å². The van der Waals surface area contributed by atoms with Crippen LogP contribution in [-0.2, 0) is 6.42 Å². The van der Waals surface area contributed by atoms with Crippen molar-refractivity contribution >= 4 is 23.0 Å². The molecule has 1 aromatic carbocycles. The van der Waals surface area contributed by atoms with E-state index in [0.717, 1.165) is 17.7 Å². The lowest BCUT2D eigenvalue weighted by Crippen LogP contribution is -2.37. The Morgan fingerprint density at radius 1 is 1.18 bits per heavy atom. The van der Waals surface area contributed by atoms with E-state index < -0.39 is 0 Å². The number of fused-ring (bicyclic) bond motifs is 2. The summed E-state index contributed by atoms with van der Waals surface area (Å²) < 4.78 is 1.71. The van der Waals surface area contributed by atoms with E-state index in [-0.39, 0.29) is 29.4 Å². The van der Waals surface area contributed by atoms with Crippen molar-refractivity contribution in [2.75, 3.05) is 11.4 Å². The van der Waals surface area contributed by atoms with Crippen molar-refractivity contribution in [3.63, 3.8) is 0 Å². The Hall–Kier alpha value is -3.15. The quantitative estimate of drug-likeness (QED) is 0.760. The molecule has 6 heteroatoms. The van der Waals surface area contributed by atoms with Gasteiger partial charge in [-0.2, -0.15) is 0 Å². The number of nitrogens with zero attached hydrogens (tertiary/aromatic N) is 3. The van der Waals surface area contributed by atoms with Crippen LogP contribution >= 0.6 is 0 Å². The number of carbonyl (C=O) groups is 2. The molecular formula is C22H24N4O2. The molecule has 0 fully saturated rings. The Labute approximate surface area is 164 Å². The molecule has 0 saturated carbocycles. The van der Waals surface area contributed by atoms with Gasteiger partial charge in [-0.1, -0.05) is 38.1 Å². The minimum atomic E-state index is -0.258. The third-order valence-electron chi connectivity index (χ3n) is 5.05. The Balaban J connectivity index is 1.75. The molecule has 6 nitrogen and oxygen atoms in total. The number of nitrogens with one attached hydrogen (secondary N) is 1. The Bertz CT molecular complexity index is 1050. The summed E-state index contributed by atoms with van der Waals surface area (Å²) in [6.07, 6.45) is 2.59. The van der Waals surface area contributed by atoms with E-state index in [9.17, 15) is 9.59 Å². The fourth-order valence-corrected chi connectivity index (χ4v) is 3.72. The summed E-state index contributed by atoms with van der Waals surface area (Å²) in [5.41, 5.74) is 2.98. The standard InChI is InChI=1S/C22H24N4O2/c1-14(2)13-23-21(27)19-18-10-6-7-11-25(18)20(24-19)22(28)26-15(3)12-16-8-4-5-9-17(16)26/h4-11,14-15H,12-13H2,1-3H3,(H,23,27). The van der Waals surface area contributed by atoms with Crippen molar-refractivity contribution in [1.82, 2.24) is 14.7 Å². The lowest BCUT2D eigenvalue weighted by atomic mass is 10.1. The SMILES string of the molecule is CC(C)CNC(=O)c1nc(C(=O)N2c3ccccc3CC2C)n2ccccc12. The molecule has 0 spiro atoms. The van der Waals surface area contributed by atoms with E-state index in [1.807, 2.05) is 63.2 Å². The maximum atomic E-state index is 13.4. The fourth-order valence-electron chi connectivity index (χ4n) is 3.72. The molecule has 0 radical (unpaired) electrons. The van der Waals surface area contributed by atoms with E-state index in [0.29, 0.717) is 18.0 Å². The van der Waals surface area contributed by atoms with Gasteiger partial charge in [0.25, 0.3) is 11.8 Å². The summed E-state index contributed by atoms with van der Waals surface area (Å²) in [5.74, 6) is 0.141. The minimum absolute atomic E-state index is 0.0409. The van der Waals surface area contributed by atoms with Crippen molar-refractivity contribution in [3.8, 4) is 0 Å². The number of benzene rings is 1. The second-order valence-electron chi connectivity index (χ2n) is 7.70. The summed E-state index contributed by atoms with van der Waals surface area (Å²) in [4.78, 5) is 32.4. The van der Waals surface area contributed by atoms with Gasteiger partial charge in [-0.3, -0.25) is 14.0 Å². The zero-order valence-electron chi connectivity index (χ0n) is 16.3. The number of anilines is 1. The van der Waals surface area contributed by atoms with E-state index >= 15 is 0 Å². The molecule has 0 aliphatic carbocycles. The third kappa shape index (κ3) is 3.05. The second-order valence-corrected chi connectivity index (χ2v) is 7.70. The number of para-hydroxylation sites is 1. The molecule has 4 rings (SSSR count). The van der Waals surface area contributed by atoms with Crippen LogP contribution in [0, 0.1) is 5.92 Å². The first-order valence-electron chi connectivity index (χ1n) is 9.64. The lowest BCUT2D eigenvalue weighted by molar-refractivity contribution is 0.0946. The normalized spacial score (nSPS) is 15.9. The number of hydrogen-bond donors (Lipinski definition) is 1. The van der Waals surface area contributed by atoms with Crippen LogP contribution in [0.1, 0.15) is 47.4 Å². The summed E-state index contributed by atoms with van der Waals surface area (Å²) in [5, 5.41) is 2.90. The first-order valence-corrected chi connectivity index (χ1v) is 9.64. The molecule has 3 heterocycles. The van der Waals surface area contributed by atoms with Gasteiger partial charge in [0.2, 0.25) is 5.82 Å². The number of hydrogen-bond acceptors (Lipinski definition) is 3. The molecule has 0 bridgehead atoms. The molecule has 28 heavy (non-hydrogen) atoms. The van der Waals surface area contributed by atoms with E-state index in [4.69, 9.17) is 0 Å². The van der Waals surface area contributed by atoms with Gasteiger partial charge in [0.15, 0.2) is 5.69 Å². The Kier molecular flexibility index (Phi) is 4.63. The summed E-state index contributed by atoms with van der Waals surface area (Å²) in [6, 6.07) is 13.5. The average Bonchev–Trinajstić information content (AvgIpc) is 3.23. The molecule has 2 aromatic heterocycles. The van der Waals surface area contributed by atoms with Crippen LogP contribution in [0.15, 0.2) is 48.7 Å². The topological polar surface area (TPSA) is 66.7 Å². The highest BCUT2D eigenvalue weighted by Crippen LogP contribution is 2.33. The van der Waals surface area contributed by atoms with Gasteiger partial charge in [0.05, 0.1) is 5.52 Å². The molecular weight excluding hydrogens is 352 g/mol. The zero-order chi connectivity index (χ0) is 19.8. The van der Waals surface area contributed by atoms with Gasteiger partial charge in [0.1, 0.15) is 0 Å². The first kappa shape index (κ1) is 18.2. The molecule has 1 unspecified atom stereocenters. The summed E-state index contributed by atoms with van der Waals surface area (Å²) in [7, 11) is 0. The summed E-state index contributed by atoms with van der Waals surface area (Å²) >= 11 is 0. The van der Waals surface area contributed by atoms with E-state index in [1.54, 1.807) is 15.5 Å². The van der Waals surface area contributed by atoms with Crippen LogP contribution < -0.4 is 10.2 Å². The first-order chi connectivity index (χ1) is 13.5. The highest BCUT2D eigenvalue weighted by Gasteiger charge is 2.34. The fraction of sp³-hybridized carbons (Fsp3) is 0.318. The molecule has 0 saturated heterocycles. The minimum Gasteiger partial charge on any atom is -0.350 e. The highest BCUT2D eigenvalue weighted by molar-refractivity contribution is 6.08. The lowest BCUT2D eigenvalue weighted by Gasteiger charge is -2.21. The van der Waals surface area contributed by atoms with Crippen LogP contribution in [0.5, 0.6) is 0 Å². The van der Waals surface area contributed by atoms with Gasteiger partial charge in [-0.05, 0) is 43.0 Å². The molecule has 1 aliphatic heterocycles. The van der Waals surface area contributed by atoms with Gasteiger partial charge in [-0.15, -0.1) is 0 Å². The monoisotopic (exact) mass is 376 g/mol. The van der Waals surface area contributed by atoms with Crippen LogP contribution in [0.4, 0.5) is 5.69 Å². The largest absolute Gasteiger partial charge is 0.350 e. The van der Waals surface area contributed by atoms with Gasteiger partial charge >= 0.3 is 0 Å². The molecule has 2 amide bonds. The Morgan fingerprint density at radius 2 is 1.93 bits per heavy atom. The van der Waals surface area contributed by atoms with Gasteiger partial charge in [-0.25, -0.2) is 4.98 Å². The van der Waals surface area contributed by atoms with Gasteiger partial charge in [0, 0.05) is 24.5 Å². The van der Waals surface area contributed by atoms with Crippen molar-refractivity contribution in [3.05, 3.63) is 65.7 Å². The summed E-state index contributed by atoms with van der Waals surface area (Å²) in [6.45, 7) is 6.66. The zero-order valence-corrected chi connectivity index (χ0v) is 16.3. The number of rotatable bonds is 4. The van der Waals surface area contributed by atoms with Crippen LogP contribution in [0.3, 0.4) is 0 Å². The molecule has 1 N–H and O–H groups in total. The maximum absolute atomic E-state index is 13.4. The number of carbonyl (C=O) groups excluding carboxylic acids is 2. The highest BCUT2D eigenvalue weighted by atomic mass is 16.2. The number of aromatic nitrogens is 2. The average molecular weight is 376 g/mol. The predicted molar refractivity (Wildman–Crippen MR) is 109 cm³/mol. The number of imidazole rings is 1. The molecule has 3 aromatic rings. The molecule has 1 atom stereocenters. The number of amides is 2. The van der Waals surface area contributed by atoms with Crippen molar-refractivity contribution in [1.29, 1.82) is 0 Å². The second kappa shape index (κ2) is 7.11. The van der Waals surface area contributed by atoms with Crippen LogP contribution in [0.2, 0.25) is 0 Å². The molecule has 1 aliphatic rings. The van der Waals surface area contributed by atoms with E-state index in [1.165, 1.54) is 0 Å². The predicted octanol–water partition coefficient (Wildman–Crippen LogP) is 3.31. The third-order valence-corrected chi connectivity index (χ3v) is 5.05. The van der Waals surface area contributed by atoms with Gasteiger partial charge < -0.3 is 10.2 Å². The van der Waals surface area contributed by atoms with Crippen molar-refractivity contribution < 1.29 is 9.59 Å². The smallest absolute Gasteiger partial charge is 0.294 e.